The van der Waals surface area contributed by atoms with E-state index in [4.69, 9.17) is 16.2 Å². The highest BCUT2D eigenvalue weighted by Crippen LogP contribution is 2.21. The van der Waals surface area contributed by atoms with Gasteiger partial charge in [0.25, 0.3) is 11.8 Å². The summed E-state index contributed by atoms with van der Waals surface area (Å²) in [5, 5.41) is 21.4. The summed E-state index contributed by atoms with van der Waals surface area (Å²) in [7, 11) is 0. The van der Waals surface area contributed by atoms with E-state index >= 15 is 0 Å². The third-order valence-electron chi connectivity index (χ3n) is 7.31. The van der Waals surface area contributed by atoms with Gasteiger partial charge in [-0.15, -0.1) is 12.4 Å². The van der Waals surface area contributed by atoms with Crippen molar-refractivity contribution in [3.63, 3.8) is 0 Å². The molecule has 268 valence electrons. The van der Waals surface area contributed by atoms with Crippen LogP contribution >= 0.6 is 12.4 Å². The Balaban J connectivity index is 0.00000833. The number of nitrogens with zero attached hydrogens (tertiary/aromatic N) is 1. The van der Waals surface area contributed by atoms with Crippen LogP contribution in [-0.4, -0.2) is 94.9 Å². The summed E-state index contributed by atoms with van der Waals surface area (Å²) in [4.78, 5) is 77.0. The predicted molar refractivity (Wildman–Crippen MR) is 183 cm³/mol. The number of carbonyl (C=O) groups is 6. The van der Waals surface area contributed by atoms with Crippen LogP contribution in [0.25, 0.3) is 0 Å². The summed E-state index contributed by atoms with van der Waals surface area (Å²) < 4.78 is 5.35. The fourth-order valence-electron chi connectivity index (χ4n) is 5.03. The summed E-state index contributed by atoms with van der Waals surface area (Å²) >= 11 is 0. The van der Waals surface area contributed by atoms with Crippen LogP contribution in [0.15, 0.2) is 54.6 Å². The van der Waals surface area contributed by atoms with Crippen molar-refractivity contribution >= 4 is 53.5 Å². The molecule has 0 aromatic heterocycles. The maximum Gasteiger partial charge on any atom is 0.264 e. The predicted octanol–water partition coefficient (Wildman–Crippen LogP) is -0.261. The number of aliphatic hydroxyl groups excluding tert-OH is 1. The Kier molecular flexibility index (Phi) is 15.6. The first-order chi connectivity index (χ1) is 22.7. The molecule has 0 saturated carbocycles. The number of hydrogen-bond acceptors (Lipinski definition) is 10. The molecule has 2 aromatic rings. The standard InChI is InChI=1S/C33H45N7O8.ClH/c1-33(2,3)39-31(46)25-10-7-15-40(25)32(47)29(44)24(16-20-8-5-4-6-9-20)37-30(45)23(35)17-26(41)38-28(43)19-48-22-13-11-21(12-14-22)36-27(42)18-34;/h4-6,8-9,11-14,23-25,29,44H,7,10,15-19,34-35H2,1-3H3,(H,36,42)(H,37,45)(H,39,46)(H,38,41,43);1H/t23-,24-,25-,29-;/m0./s1. The fraction of sp³-hybridized carbons (Fsp3) is 0.455. The highest BCUT2D eigenvalue weighted by atomic mass is 35.5. The van der Waals surface area contributed by atoms with Crippen LogP contribution in [-0.2, 0) is 35.2 Å². The van der Waals surface area contributed by atoms with E-state index < -0.39 is 66.4 Å². The molecule has 3 rings (SSSR count). The van der Waals surface area contributed by atoms with Gasteiger partial charge in [0.15, 0.2) is 12.7 Å². The molecule has 0 spiro atoms. The zero-order valence-electron chi connectivity index (χ0n) is 27.8. The van der Waals surface area contributed by atoms with Crippen molar-refractivity contribution in [1.82, 2.24) is 20.9 Å². The summed E-state index contributed by atoms with van der Waals surface area (Å²) in [5.74, 6) is -3.57. The molecular weight excluding hydrogens is 658 g/mol. The molecule has 1 aliphatic rings. The van der Waals surface area contributed by atoms with E-state index in [1.807, 2.05) is 20.8 Å². The molecule has 1 saturated heterocycles. The lowest BCUT2D eigenvalue weighted by Crippen LogP contribution is -2.58. The summed E-state index contributed by atoms with van der Waals surface area (Å²) in [6.07, 6.45) is -1.23. The molecule has 0 aliphatic carbocycles. The van der Waals surface area contributed by atoms with Gasteiger partial charge < -0.3 is 42.2 Å². The van der Waals surface area contributed by atoms with E-state index in [0.717, 1.165) is 0 Å². The lowest BCUT2D eigenvalue weighted by Gasteiger charge is -2.32. The van der Waals surface area contributed by atoms with Crippen molar-refractivity contribution in [2.45, 2.75) is 76.2 Å². The van der Waals surface area contributed by atoms with E-state index in [0.29, 0.717) is 29.8 Å². The van der Waals surface area contributed by atoms with E-state index in [1.54, 1.807) is 42.5 Å². The minimum absolute atomic E-state index is 0. The first-order valence-corrected chi connectivity index (χ1v) is 15.6. The van der Waals surface area contributed by atoms with Gasteiger partial charge >= 0.3 is 0 Å². The molecule has 1 fully saturated rings. The van der Waals surface area contributed by atoms with Crippen LogP contribution in [0.2, 0.25) is 0 Å². The number of carbonyl (C=O) groups excluding carboxylic acids is 6. The van der Waals surface area contributed by atoms with E-state index in [2.05, 4.69) is 21.3 Å². The number of rotatable bonds is 14. The quantitative estimate of drug-likeness (QED) is 0.136. The molecule has 4 atom stereocenters. The van der Waals surface area contributed by atoms with Crippen LogP contribution in [0.5, 0.6) is 5.75 Å². The molecule has 49 heavy (non-hydrogen) atoms. The van der Waals surface area contributed by atoms with E-state index in [-0.39, 0.29) is 43.7 Å². The van der Waals surface area contributed by atoms with Crippen LogP contribution in [0.3, 0.4) is 0 Å². The average Bonchev–Trinajstić information content (AvgIpc) is 3.53. The largest absolute Gasteiger partial charge is 0.484 e. The topological polar surface area (TPSA) is 235 Å². The Hall–Kier alpha value is -4.57. The van der Waals surface area contributed by atoms with Gasteiger partial charge in [0.05, 0.1) is 25.0 Å². The first-order valence-electron chi connectivity index (χ1n) is 15.6. The van der Waals surface area contributed by atoms with Crippen molar-refractivity contribution < 1.29 is 38.6 Å². The minimum atomic E-state index is -1.72. The number of amides is 6. The zero-order chi connectivity index (χ0) is 35.4. The minimum Gasteiger partial charge on any atom is -0.484 e. The van der Waals surface area contributed by atoms with Gasteiger partial charge in [-0.05, 0) is 69.9 Å². The van der Waals surface area contributed by atoms with Crippen molar-refractivity contribution in [3.8, 4) is 5.75 Å². The average molecular weight is 704 g/mol. The second-order valence-corrected chi connectivity index (χ2v) is 12.5. The number of imide groups is 1. The van der Waals surface area contributed by atoms with Crippen molar-refractivity contribution in [2.75, 3.05) is 25.0 Å². The van der Waals surface area contributed by atoms with Crippen LogP contribution in [0, 0.1) is 0 Å². The van der Waals surface area contributed by atoms with E-state index in [9.17, 15) is 33.9 Å². The second-order valence-electron chi connectivity index (χ2n) is 12.5. The van der Waals surface area contributed by atoms with Gasteiger partial charge in [0, 0.05) is 17.8 Å². The monoisotopic (exact) mass is 703 g/mol. The number of ether oxygens (including phenoxy) is 1. The number of halogens is 1. The number of likely N-dealkylation sites (tertiary alicyclic amines) is 1. The Morgan fingerprint density at radius 2 is 1.63 bits per heavy atom. The van der Waals surface area contributed by atoms with Gasteiger partial charge in [0.1, 0.15) is 11.8 Å². The number of nitrogens with two attached hydrogens (primary N) is 2. The number of nitrogens with one attached hydrogen (secondary N) is 4. The fourth-order valence-corrected chi connectivity index (χ4v) is 5.03. The molecule has 15 nitrogen and oxygen atoms in total. The van der Waals surface area contributed by atoms with Crippen LogP contribution < -0.4 is 37.5 Å². The molecule has 0 unspecified atom stereocenters. The van der Waals surface area contributed by atoms with Crippen LogP contribution in [0.4, 0.5) is 5.69 Å². The lowest BCUT2D eigenvalue weighted by atomic mass is 9.99. The first kappa shape index (κ1) is 40.6. The molecule has 1 aliphatic heterocycles. The van der Waals surface area contributed by atoms with Gasteiger partial charge in [-0.1, -0.05) is 30.3 Å². The zero-order valence-corrected chi connectivity index (χ0v) is 28.6. The normalized spacial score (nSPS) is 15.9. The maximum absolute atomic E-state index is 13.5. The molecule has 6 amide bonds. The van der Waals surface area contributed by atoms with Crippen LogP contribution in [0.1, 0.15) is 45.6 Å². The molecular formula is C33H46ClN7O8. The van der Waals surface area contributed by atoms with Gasteiger partial charge in [0.2, 0.25) is 23.6 Å². The van der Waals surface area contributed by atoms with Gasteiger partial charge in [-0.2, -0.15) is 0 Å². The Labute approximate surface area is 291 Å². The number of benzene rings is 2. The Bertz CT molecular complexity index is 1450. The maximum atomic E-state index is 13.5. The number of hydrogen-bond donors (Lipinski definition) is 7. The molecule has 2 aromatic carbocycles. The number of aliphatic hydroxyl groups is 1. The SMILES string of the molecule is CC(C)(C)NC(=O)[C@@H]1CCCN1C(=O)[C@@H](O)[C@H](Cc1ccccc1)NC(=O)[C@@H](N)CC(=O)NC(=O)COc1ccc(NC(=O)CN)cc1.Cl. The highest BCUT2D eigenvalue weighted by molar-refractivity contribution is 5.98. The molecule has 16 heteroatoms. The smallest absolute Gasteiger partial charge is 0.264 e. The van der Waals surface area contributed by atoms with Crippen molar-refractivity contribution in [1.29, 1.82) is 0 Å². The second kappa shape index (κ2) is 18.8. The van der Waals surface area contributed by atoms with E-state index in [1.165, 1.54) is 17.0 Å². The summed E-state index contributed by atoms with van der Waals surface area (Å²) in [6, 6.07) is 11.6. The van der Waals surface area contributed by atoms with Crippen molar-refractivity contribution in [2.24, 2.45) is 11.5 Å². The molecule has 0 radical (unpaired) electrons. The lowest BCUT2D eigenvalue weighted by molar-refractivity contribution is -0.147. The molecule has 1 heterocycles. The molecule has 9 N–H and O–H groups in total. The van der Waals surface area contributed by atoms with Gasteiger partial charge in [-0.3, -0.25) is 34.1 Å². The Morgan fingerprint density at radius 3 is 2.24 bits per heavy atom. The summed E-state index contributed by atoms with van der Waals surface area (Å²) in [6.45, 7) is 5.06. The highest BCUT2D eigenvalue weighted by Gasteiger charge is 2.40. The third kappa shape index (κ3) is 13.1. The Morgan fingerprint density at radius 1 is 0.980 bits per heavy atom. The number of anilines is 1. The van der Waals surface area contributed by atoms with Gasteiger partial charge in [-0.25, -0.2) is 0 Å². The third-order valence-corrected chi connectivity index (χ3v) is 7.31. The summed E-state index contributed by atoms with van der Waals surface area (Å²) in [5.41, 5.74) is 11.9. The molecule has 0 bridgehead atoms. The van der Waals surface area contributed by atoms with Crippen molar-refractivity contribution in [3.05, 3.63) is 60.2 Å².